The van der Waals surface area contributed by atoms with Crippen LogP contribution in [0.1, 0.15) is 21.9 Å². The van der Waals surface area contributed by atoms with E-state index < -0.39 is 0 Å². The van der Waals surface area contributed by atoms with Crippen molar-refractivity contribution >= 4 is 28.8 Å². The van der Waals surface area contributed by atoms with Crippen LogP contribution in [0.15, 0.2) is 16.7 Å². The standard InChI is InChI=1S/C16H20ClN3O2S/c1-11-14(12(2)22-18-11)9-16(21)20-7-5-19(6-8-20)10-13-3-4-15(17)23-13/h3-4H,5-10H2,1-2H3. The Bertz CT molecular complexity index is 670. The number of carbonyl (C=O) groups is 1. The molecule has 2 aromatic heterocycles. The first kappa shape index (κ1) is 16.5. The molecule has 0 unspecified atom stereocenters. The topological polar surface area (TPSA) is 49.6 Å². The average molecular weight is 354 g/mol. The number of rotatable bonds is 4. The number of thiophene rings is 1. The molecule has 1 aliphatic heterocycles. The van der Waals surface area contributed by atoms with Crippen molar-refractivity contribution in [2.75, 3.05) is 26.2 Å². The van der Waals surface area contributed by atoms with Gasteiger partial charge in [0.2, 0.25) is 5.91 Å². The van der Waals surface area contributed by atoms with Crippen LogP contribution in [0, 0.1) is 13.8 Å². The van der Waals surface area contributed by atoms with Crippen LogP contribution in [0.5, 0.6) is 0 Å². The number of carbonyl (C=O) groups excluding carboxylic acids is 1. The average Bonchev–Trinajstić information content (AvgIpc) is 3.08. The normalized spacial score (nSPS) is 16.0. The number of halogens is 1. The number of nitrogens with zero attached hydrogens (tertiary/aromatic N) is 3. The fourth-order valence-corrected chi connectivity index (χ4v) is 3.96. The zero-order valence-corrected chi connectivity index (χ0v) is 14.9. The number of aryl methyl sites for hydroxylation is 2. The van der Waals surface area contributed by atoms with E-state index in [4.69, 9.17) is 16.1 Å². The molecule has 124 valence electrons. The first-order valence-electron chi connectivity index (χ1n) is 7.69. The van der Waals surface area contributed by atoms with E-state index >= 15 is 0 Å². The van der Waals surface area contributed by atoms with Crippen LogP contribution < -0.4 is 0 Å². The van der Waals surface area contributed by atoms with Crippen LogP contribution >= 0.6 is 22.9 Å². The Hall–Kier alpha value is -1.37. The van der Waals surface area contributed by atoms with E-state index in [-0.39, 0.29) is 5.91 Å². The van der Waals surface area contributed by atoms with Gasteiger partial charge in [0.25, 0.3) is 0 Å². The summed E-state index contributed by atoms with van der Waals surface area (Å²) in [4.78, 5) is 18.0. The van der Waals surface area contributed by atoms with Crippen LogP contribution in [0.25, 0.3) is 0 Å². The van der Waals surface area contributed by atoms with E-state index in [1.165, 1.54) is 4.88 Å². The van der Waals surface area contributed by atoms with Crippen molar-refractivity contribution in [2.24, 2.45) is 0 Å². The third-order valence-electron chi connectivity index (χ3n) is 4.24. The summed E-state index contributed by atoms with van der Waals surface area (Å²) in [6.07, 6.45) is 0.377. The molecular weight excluding hydrogens is 334 g/mol. The van der Waals surface area contributed by atoms with Gasteiger partial charge in [-0.1, -0.05) is 16.8 Å². The fraction of sp³-hybridized carbons (Fsp3) is 0.500. The summed E-state index contributed by atoms with van der Waals surface area (Å²) in [7, 11) is 0. The molecule has 23 heavy (non-hydrogen) atoms. The molecule has 0 atom stereocenters. The summed E-state index contributed by atoms with van der Waals surface area (Å²) < 4.78 is 5.96. The highest BCUT2D eigenvalue weighted by atomic mass is 35.5. The van der Waals surface area contributed by atoms with Crippen molar-refractivity contribution in [1.82, 2.24) is 15.0 Å². The molecule has 0 bridgehead atoms. The Morgan fingerprint density at radius 2 is 2.04 bits per heavy atom. The molecule has 0 aromatic carbocycles. The molecule has 3 rings (SSSR count). The third kappa shape index (κ3) is 3.94. The number of hydrogen-bond donors (Lipinski definition) is 0. The minimum Gasteiger partial charge on any atom is -0.361 e. The molecule has 0 N–H and O–H groups in total. The summed E-state index contributed by atoms with van der Waals surface area (Å²) in [5, 5.41) is 3.91. The van der Waals surface area contributed by atoms with Gasteiger partial charge in [-0.15, -0.1) is 11.3 Å². The SMILES string of the molecule is Cc1noc(C)c1CC(=O)N1CCN(Cc2ccc(Cl)s2)CC1. The van der Waals surface area contributed by atoms with E-state index in [2.05, 4.69) is 16.1 Å². The van der Waals surface area contributed by atoms with Crippen LogP contribution in [-0.4, -0.2) is 47.0 Å². The molecule has 1 aliphatic rings. The molecule has 0 saturated carbocycles. The first-order chi connectivity index (χ1) is 11.0. The maximum atomic E-state index is 12.5. The Labute approximate surface area is 144 Å². The largest absolute Gasteiger partial charge is 0.361 e. The van der Waals surface area contributed by atoms with Gasteiger partial charge in [0, 0.05) is 43.2 Å². The van der Waals surface area contributed by atoms with Crippen molar-refractivity contribution in [2.45, 2.75) is 26.8 Å². The number of amides is 1. The van der Waals surface area contributed by atoms with E-state index in [1.807, 2.05) is 24.8 Å². The molecule has 1 amide bonds. The van der Waals surface area contributed by atoms with Gasteiger partial charge >= 0.3 is 0 Å². The second-order valence-corrected chi connectivity index (χ2v) is 7.64. The van der Waals surface area contributed by atoms with Gasteiger partial charge in [-0.25, -0.2) is 0 Å². The van der Waals surface area contributed by atoms with Crippen molar-refractivity contribution in [3.05, 3.63) is 38.4 Å². The quantitative estimate of drug-likeness (QED) is 0.848. The van der Waals surface area contributed by atoms with E-state index in [9.17, 15) is 4.79 Å². The van der Waals surface area contributed by atoms with E-state index in [0.29, 0.717) is 6.42 Å². The van der Waals surface area contributed by atoms with E-state index in [1.54, 1.807) is 11.3 Å². The number of hydrogen-bond acceptors (Lipinski definition) is 5. The maximum Gasteiger partial charge on any atom is 0.227 e. The van der Waals surface area contributed by atoms with Crippen molar-refractivity contribution < 1.29 is 9.32 Å². The van der Waals surface area contributed by atoms with Crippen LogP contribution in [0.2, 0.25) is 4.34 Å². The van der Waals surface area contributed by atoms with Crippen molar-refractivity contribution in [3.8, 4) is 0 Å². The smallest absolute Gasteiger partial charge is 0.227 e. The molecular formula is C16H20ClN3O2S. The monoisotopic (exact) mass is 353 g/mol. The highest BCUT2D eigenvalue weighted by Gasteiger charge is 2.23. The first-order valence-corrected chi connectivity index (χ1v) is 8.88. The number of aromatic nitrogens is 1. The molecule has 7 heteroatoms. The lowest BCUT2D eigenvalue weighted by Crippen LogP contribution is -2.48. The zero-order valence-electron chi connectivity index (χ0n) is 13.3. The summed E-state index contributed by atoms with van der Waals surface area (Å²) in [5.41, 5.74) is 1.73. The molecule has 2 aromatic rings. The second kappa shape index (κ2) is 7.03. The maximum absolute atomic E-state index is 12.5. The number of piperazine rings is 1. The molecule has 0 radical (unpaired) electrons. The predicted molar refractivity (Wildman–Crippen MR) is 90.9 cm³/mol. The van der Waals surface area contributed by atoms with Gasteiger partial charge in [0.05, 0.1) is 16.5 Å². The third-order valence-corrected chi connectivity index (χ3v) is 5.46. The predicted octanol–water partition coefficient (Wildman–Crippen LogP) is 2.89. The Morgan fingerprint density at radius 1 is 1.30 bits per heavy atom. The fourth-order valence-electron chi connectivity index (χ4n) is 2.83. The molecule has 5 nitrogen and oxygen atoms in total. The van der Waals surface area contributed by atoms with Crippen LogP contribution in [0.4, 0.5) is 0 Å². The Kier molecular flexibility index (Phi) is 5.04. The van der Waals surface area contributed by atoms with Gasteiger partial charge in [-0.2, -0.15) is 0 Å². The highest BCUT2D eigenvalue weighted by Crippen LogP contribution is 2.23. The minimum atomic E-state index is 0.151. The highest BCUT2D eigenvalue weighted by molar-refractivity contribution is 7.16. The molecule has 3 heterocycles. The van der Waals surface area contributed by atoms with Gasteiger partial charge < -0.3 is 9.42 Å². The van der Waals surface area contributed by atoms with Gasteiger partial charge in [-0.3, -0.25) is 9.69 Å². The van der Waals surface area contributed by atoms with E-state index in [0.717, 1.165) is 54.1 Å². The zero-order chi connectivity index (χ0) is 16.4. The molecule has 0 aliphatic carbocycles. The Morgan fingerprint density at radius 3 is 2.61 bits per heavy atom. The molecule has 1 saturated heterocycles. The Balaban J connectivity index is 1.51. The minimum absolute atomic E-state index is 0.151. The second-order valence-electron chi connectivity index (χ2n) is 5.84. The lowest BCUT2D eigenvalue weighted by molar-refractivity contribution is -0.132. The molecule has 1 fully saturated rings. The summed E-state index contributed by atoms with van der Waals surface area (Å²) >= 11 is 7.59. The lowest BCUT2D eigenvalue weighted by atomic mass is 10.1. The van der Waals surface area contributed by atoms with Crippen LogP contribution in [-0.2, 0) is 17.8 Å². The summed E-state index contributed by atoms with van der Waals surface area (Å²) in [6.45, 7) is 7.95. The van der Waals surface area contributed by atoms with Gasteiger partial charge in [0.15, 0.2) is 0 Å². The lowest BCUT2D eigenvalue weighted by Gasteiger charge is -2.34. The molecule has 0 spiro atoms. The van der Waals surface area contributed by atoms with Gasteiger partial charge in [-0.05, 0) is 26.0 Å². The van der Waals surface area contributed by atoms with Crippen molar-refractivity contribution in [3.63, 3.8) is 0 Å². The summed E-state index contributed by atoms with van der Waals surface area (Å²) in [6, 6.07) is 4.01. The van der Waals surface area contributed by atoms with Gasteiger partial charge in [0.1, 0.15) is 5.76 Å². The van der Waals surface area contributed by atoms with Crippen LogP contribution in [0.3, 0.4) is 0 Å². The summed E-state index contributed by atoms with van der Waals surface area (Å²) in [5.74, 6) is 0.891. The van der Waals surface area contributed by atoms with Crippen molar-refractivity contribution in [1.29, 1.82) is 0 Å².